The van der Waals surface area contributed by atoms with Crippen LogP contribution in [-0.4, -0.2) is 16.0 Å². The molecule has 1 nitrogen and oxygen atoms in total. The van der Waals surface area contributed by atoms with E-state index in [1.54, 1.807) is 6.26 Å². The summed E-state index contributed by atoms with van der Waals surface area (Å²) in [6, 6.07) is 0. The smallest absolute Gasteiger partial charge is 0.246 e. The molecule has 0 saturated carbocycles. The highest BCUT2D eigenvalue weighted by Gasteiger charge is 2.06. The van der Waals surface area contributed by atoms with Gasteiger partial charge < -0.3 is 0 Å². The molecule has 10 heavy (non-hydrogen) atoms. The Morgan fingerprint density at radius 1 is 1.80 bits per heavy atom. The monoisotopic (exact) mass is 176 g/mol. The maximum Gasteiger partial charge on any atom is 0.246 e. The van der Waals surface area contributed by atoms with E-state index in [1.165, 1.54) is 23.5 Å². The third-order valence-corrected chi connectivity index (χ3v) is 3.22. The van der Waals surface area contributed by atoms with Crippen molar-refractivity contribution in [1.82, 2.24) is 0 Å². The van der Waals surface area contributed by atoms with Crippen molar-refractivity contribution in [2.75, 3.05) is 6.26 Å². The van der Waals surface area contributed by atoms with Gasteiger partial charge in [-0.2, -0.15) is 0 Å². The van der Waals surface area contributed by atoms with Crippen molar-refractivity contribution in [3.63, 3.8) is 0 Å². The van der Waals surface area contributed by atoms with Crippen molar-refractivity contribution < 1.29 is 4.79 Å². The molecule has 1 atom stereocenters. The zero-order chi connectivity index (χ0) is 7.98. The lowest BCUT2D eigenvalue weighted by molar-refractivity contribution is 0.276. The second kappa shape index (κ2) is 5.86. The maximum absolute atomic E-state index is 10.8. The summed E-state index contributed by atoms with van der Waals surface area (Å²) in [7, 11) is 0. The highest BCUT2D eigenvalue weighted by atomic mass is 32.2. The van der Waals surface area contributed by atoms with Gasteiger partial charge in [-0.1, -0.05) is 36.5 Å². The second-order valence-electron chi connectivity index (χ2n) is 1.75. The highest BCUT2D eigenvalue weighted by molar-refractivity contribution is 8.38. The molecule has 0 fully saturated rings. The van der Waals surface area contributed by atoms with Gasteiger partial charge in [0.25, 0.3) is 0 Å². The van der Waals surface area contributed by atoms with E-state index in [0.29, 0.717) is 5.25 Å². The predicted molar refractivity (Wildman–Crippen MR) is 50.8 cm³/mol. The average molecular weight is 176 g/mol. The van der Waals surface area contributed by atoms with Gasteiger partial charge in [0.05, 0.1) is 0 Å². The lowest BCUT2D eigenvalue weighted by atomic mass is 10.3. The molecule has 0 aromatic carbocycles. The molecule has 0 aliphatic rings. The van der Waals surface area contributed by atoms with Gasteiger partial charge in [-0.25, -0.2) is 0 Å². The van der Waals surface area contributed by atoms with Crippen LogP contribution in [-0.2, 0) is 0 Å². The van der Waals surface area contributed by atoms with Crippen LogP contribution in [0.3, 0.4) is 0 Å². The molecule has 0 rings (SSSR count). The summed E-state index contributed by atoms with van der Waals surface area (Å²) in [5.74, 6) is 0. The molecule has 0 bridgehead atoms. The molecule has 0 N–H and O–H groups in total. The van der Waals surface area contributed by atoms with Gasteiger partial charge in [0.1, 0.15) is 0 Å². The SMILES string of the molecule is C=CC(CC)SC(=O)SC. The van der Waals surface area contributed by atoms with Gasteiger partial charge in [0.2, 0.25) is 4.45 Å². The molecular formula is C7H12OS2. The first kappa shape index (κ1) is 10.1. The summed E-state index contributed by atoms with van der Waals surface area (Å²) in [4.78, 5) is 10.8. The number of hydrogen-bond donors (Lipinski definition) is 0. The third kappa shape index (κ3) is 4.01. The fourth-order valence-corrected chi connectivity index (χ4v) is 1.74. The first-order chi connectivity index (χ1) is 4.74. The molecule has 58 valence electrons. The number of hydrogen-bond acceptors (Lipinski definition) is 3. The van der Waals surface area contributed by atoms with Crippen molar-refractivity contribution >= 4 is 28.0 Å². The molecule has 0 radical (unpaired) electrons. The lowest BCUT2D eigenvalue weighted by Crippen LogP contribution is -1.97. The molecule has 3 heteroatoms. The van der Waals surface area contributed by atoms with Gasteiger partial charge >= 0.3 is 0 Å². The molecule has 0 aliphatic heterocycles. The fourth-order valence-electron chi connectivity index (χ4n) is 0.470. The van der Waals surface area contributed by atoms with Crippen molar-refractivity contribution in [2.24, 2.45) is 0 Å². The Labute approximate surface area is 70.6 Å². The van der Waals surface area contributed by atoms with E-state index in [4.69, 9.17) is 0 Å². The summed E-state index contributed by atoms with van der Waals surface area (Å²) in [6.07, 6.45) is 4.59. The Morgan fingerprint density at radius 2 is 2.40 bits per heavy atom. The van der Waals surface area contributed by atoms with E-state index >= 15 is 0 Å². The minimum absolute atomic E-state index is 0.173. The molecule has 1 unspecified atom stereocenters. The molecule has 0 spiro atoms. The molecular weight excluding hydrogens is 164 g/mol. The first-order valence-electron chi connectivity index (χ1n) is 3.11. The highest BCUT2D eigenvalue weighted by Crippen LogP contribution is 2.22. The molecule has 0 heterocycles. The van der Waals surface area contributed by atoms with Crippen LogP contribution >= 0.6 is 23.5 Å². The predicted octanol–water partition coefficient (Wildman–Crippen LogP) is 3.17. The zero-order valence-corrected chi connectivity index (χ0v) is 7.93. The van der Waals surface area contributed by atoms with Crippen molar-refractivity contribution in [2.45, 2.75) is 18.6 Å². The van der Waals surface area contributed by atoms with Crippen LogP contribution in [0.2, 0.25) is 0 Å². The van der Waals surface area contributed by atoms with Crippen LogP contribution in [0.5, 0.6) is 0 Å². The van der Waals surface area contributed by atoms with E-state index in [1.807, 2.05) is 13.0 Å². The Hall–Kier alpha value is 0.110. The summed E-state index contributed by atoms with van der Waals surface area (Å²) in [6.45, 7) is 5.69. The lowest BCUT2D eigenvalue weighted by Gasteiger charge is -2.04. The molecule has 0 aromatic heterocycles. The van der Waals surface area contributed by atoms with Crippen molar-refractivity contribution in [3.05, 3.63) is 12.7 Å². The Bertz CT molecular complexity index is 123. The van der Waals surface area contributed by atoms with Gasteiger partial charge in [0, 0.05) is 5.25 Å². The van der Waals surface area contributed by atoms with Crippen LogP contribution in [0, 0.1) is 0 Å². The standard InChI is InChI=1S/C7H12OS2/c1-4-6(5-2)10-7(8)9-3/h4,6H,1,5H2,2-3H3. The Morgan fingerprint density at radius 3 is 2.70 bits per heavy atom. The quantitative estimate of drug-likeness (QED) is 0.615. The average Bonchev–Trinajstić information content (AvgIpc) is 1.99. The zero-order valence-electron chi connectivity index (χ0n) is 6.29. The van der Waals surface area contributed by atoms with Gasteiger partial charge in [-0.15, -0.1) is 6.58 Å². The minimum Gasteiger partial charge on any atom is -0.274 e. The number of thioether (sulfide) groups is 2. The molecule has 0 amide bonds. The van der Waals surface area contributed by atoms with Crippen LogP contribution in [0.25, 0.3) is 0 Å². The summed E-state index contributed by atoms with van der Waals surface area (Å²) in [5, 5.41) is 0.292. The fraction of sp³-hybridized carbons (Fsp3) is 0.571. The van der Waals surface area contributed by atoms with Crippen molar-refractivity contribution in [1.29, 1.82) is 0 Å². The summed E-state index contributed by atoms with van der Waals surface area (Å²) >= 11 is 2.61. The number of rotatable bonds is 3. The first-order valence-corrected chi connectivity index (χ1v) is 5.22. The topological polar surface area (TPSA) is 17.1 Å². The van der Waals surface area contributed by atoms with Crippen LogP contribution in [0.4, 0.5) is 4.79 Å². The molecule has 0 aliphatic carbocycles. The summed E-state index contributed by atoms with van der Waals surface area (Å²) < 4.78 is 0.173. The normalized spacial score (nSPS) is 12.6. The summed E-state index contributed by atoms with van der Waals surface area (Å²) in [5.41, 5.74) is 0. The van der Waals surface area contributed by atoms with Crippen LogP contribution < -0.4 is 0 Å². The maximum atomic E-state index is 10.8. The second-order valence-corrected chi connectivity index (χ2v) is 4.00. The van der Waals surface area contributed by atoms with E-state index in [2.05, 4.69) is 6.58 Å². The van der Waals surface area contributed by atoms with Gasteiger partial charge in [-0.05, 0) is 12.7 Å². The Kier molecular flexibility index (Phi) is 5.93. The van der Waals surface area contributed by atoms with Gasteiger partial charge in [0.15, 0.2) is 0 Å². The van der Waals surface area contributed by atoms with Crippen LogP contribution in [0.1, 0.15) is 13.3 Å². The van der Waals surface area contributed by atoms with Gasteiger partial charge in [-0.3, -0.25) is 4.79 Å². The third-order valence-electron chi connectivity index (χ3n) is 1.08. The van der Waals surface area contributed by atoms with E-state index in [9.17, 15) is 4.79 Å². The largest absolute Gasteiger partial charge is 0.274 e. The molecule has 0 saturated heterocycles. The van der Waals surface area contributed by atoms with E-state index in [-0.39, 0.29) is 4.45 Å². The number of carbonyl (C=O) groups excluding carboxylic acids is 1. The Balaban J connectivity index is 3.62. The van der Waals surface area contributed by atoms with E-state index in [0.717, 1.165) is 6.42 Å². The molecule has 0 aromatic rings. The minimum atomic E-state index is 0.173. The number of carbonyl (C=O) groups is 1. The van der Waals surface area contributed by atoms with Crippen LogP contribution in [0.15, 0.2) is 12.7 Å². The van der Waals surface area contributed by atoms with Crippen molar-refractivity contribution in [3.8, 4) is 0 Å². The van der Waals surface area contributed by atoms with E-state index < -0.39 is 0 Å².